The van der Waals surface area contributed by atoms with Crippen molar-refractivity contribution in [2.75, 3.05) is 6.54 Å². The summed E-state index contributed by atoms with van der Waals surface area (Å²) >= 11 is 3.46. The van der Waals surface area contributed by atoms with Gasteiger partial charge in [-0.25, -0.2) is 0 Å². The van der Waals surface area contributed by atoms with Crippen molar-refractivity contribution in [1.29, 1.82) is 0 Å². The van der Waals surface area contributed by atoms with Gasteiger partial charge in [0.1, 0.15) is 0 Å². The topological polar surface area (TPSA) is 20.3 Å². The Bertz CT molecular complexity index is 438. The molecule has 3 heteroatoms. The Morgan fingerprint density at radius 1 is 1.33 bits per heavy atom. The van der Waals surface area contributed by atoms with Gasteiger partial charge in [-0.1, -0.05) is 22.9 Å². The predicted octanol–water partition coefficient (Wildman–Crippen LogP) is 4.02. The highest BCUT2D eigenvalue weighted by Crippen LogP contribution is 2.25. The summed E-state index contributed by atoms with van der Waals surface area (Å²) in [6, 6.07) is 6.26. The summed E-state index contributed by atoms with van der Waals surface area (Å²) in [6.07, 6.45) is 2.22. The van der Waals surface area contributed by atoms with Crippen LogP contribution in [0.2, 0.25) is 0 Å². The molecule has 0 saturated carbocycles. The summed E-state index contributed by atoms with van der Waals surface area (Å²) in [5, 5.41) is 0. The third kappa shape index (κ3) is 2.94. The molecule has 1 aliphatic heterocycles. The van der Waals surface area contributed by atoms with Gasteiger partial charge in [-0.05, 0) is 56.4 Å². The van der Waals surface area contributed by atoms with E-state index in [0.717, 1.165) is 40.9 Å². The van der Waals surface area contributed by atoms with Crippen molar-refractivity contribution in [3.05, 3.63) is 33.8 Å². The van der Waals surface area contributed by atoms with Crippen LogP contribution in [-0.2, 0) is 0 Å². The van der Waals surface area contributed by atoms with Crippen molar-refractivity contribution in [3.8, 4) is 0 Å². The molecule has 2 atom stereocenters. The van der Waals surface area contributed by atoms with Crippen LogP contribution in [0.15, 0.2) is 22.7 Å². The third-order valence-corrected chi connectivity index (χ3v) is 4.15. The fourth-order valence-corrected chi connectivity index (χ4v) is 3.34. The van der Waals surface area contributed by atoms with Crippen molar-refractivity contribution in [1.82, 2.24) is 4.90 Å². The molecule has 2 nitrogen and oxygen atoms in total. The van der Waals surface area contributed by atoms with E-state index in [1.165, 1.54) is 0 Å². The van der Waals surface area contributed by atoms with Gasteiger partial charge in [0.05, 0.1) is 0 Å². The minimum absolute atomic E-state index is 0.166. The molecule has 1 saturated heterocycles. The maximum absolute atomic E-state index is 12.5. The first-order chi connectivity index (χ1) is 8.47. The second kappa shape index (κ2) is 5.43. The van der Waals surface area contributed by atoms with E-state index in [0.29, 0.717) is 6.04 Å². The van der Waals surface area contributed by atoms with Crippen LogP contribution in [0.1, 0.15) is 42.6 Å². The Kier molecular flexibility index (Phi) is 4.10. The monoisotopic (exact) mass is 309 g/mol. The second-order valence-electron chi connectivity index (χ2n) is 5.49. The number of carbonyl (C=O) groups is 1. The number of aryl methyl sites for hydroxylation is 1. The summed E-state index contributed by atoms with van der Waals surface area (Å²) in [4.78, 5) is 14.5. The number of piperidine rings is 1. The van der Waals surface area contributed by atoms with Crippen molar-refractivity contribution < 1.29 is 4.79 Å². The van der Waals surface area contributed by atoms with Crippen LogP contribution in [0.5, 0.6) is 0 Å². The summed E-state index contributed by atoms with van der Waals surface area (Å²) < 4.78 is 0.976. The lowest BCUT2D eigenvalue weighted by Gasteiger charge is -2.36. The molecule has 1 amide bonds. The van der Waals surface area contributed by atoms with Crippen LogP contribution in [0.4, 0.5) is 0 Å². The average Bonchev–Trinajstić information content (AvgIpc) is 2.26. The molecule has 1 aromatic carbocycles. The third-order valence-electron chi connectivity index (χ3n) is 3.69. The van der Waals surface area contributed by atoms with Gasteiger partial charge >= 0.3 is 0 Å². The molecule has 18 heavy (non-hydrogen) atoms. The van der Waals surface area contributed by atoms with E-state index in [4.69, 9.17) is 0 Å². The number of hydrogen-bond donors (Lipinski definition) is 0. The highest BCUT2D eigenvalue weighted by atomic mass is 79.9. The van der Waals surface area contributed by atoms with Gasteiger partial charge in [-0.2, -0.15) is 0 Å². The number of halogens is 1. The molecule has 1 aliphatic rings. The molecule has 0 radical (unpaired) electrons. The fraction of sp³-hybridized carbons (Fsp3) is 0.533. The smallest absolute Gasteiger partial charge is 0.254 e. The van der Waals surface area contributed by atoms with Gasteiger partial charge in [-0.15, -0.1) is 0 Å². The maximum Gasteiger partial charge on any atom is 0.254 e. The molecule has 2 rings (SSSR count). The van der Waals surface area contributed by atoms with Gasteiger partial charge in [0.15, 0.2) is 0 Å². The predicted molar refractivity (Wildman–Crippen MR) is 77.8 cm³/mol. The maximum atomic E-state index is 12.5. The highest BCUT2D eigenvalue weighted by Gasteiger charge is 2.27. The van der Waals surface area contributed by atoms with Crippen molar-refractivity contribution in [2.24, 2.45) is 5.92 Å². The molecular weight excluding hydrogens is 290 g/mol. The Labute approximate surface area is 117 Å². The molecule has 0 aliphatic carbocycles. The van der Waals surface area contributed by atoms with Crippen LogP contribution in [-0.4, -0.2) is 23.4 Å². The van der Waals surface area contributed by atoms with E-state index in [-0.39, 0.29) is 5.91 Å². The van der Waals surface area contributed by atoms with Gasteiger partial charge in [0.2, 0.25) is 0 Å². The van der Waals surface area contributed by atoms with Crippen LogP contribution >= 0.6 is 15.9 Å². The number of benzene rings is 1. The number of nitrogens with zero attached hydrogens (tertiary/aromatic N) is 1. The normalized spacial score (nSPS) is 24.1. The molecule has 0 bridgehead atoms. The van der Waals surface area contributed by atoms with Gasteiger partial charge in [-0.3, -0.25) is 4.79 Å². The fourth-order valence-electron chi connectivity index (χ4n) is 2.73. The number of amides is 1. The Morgan fingerprint density at radius 3 is 2.67 bits per heavy atom. The molecule has 2 unspecified atom stereocenters. The van der Waals surface area contributed by atoms with Crippen LogP contribution in [0, 0.1) is 12.8 Å². The van der Waals surface area contributed by atoms with E-state index in [9.17, 15) is 4.79 Å². The summed E-state index contributed by atoms with van der Waals surface area (Å²) in [5.41, 5.74) is 1.91. The zero-order chi connectivity index (χ0) is 13.3. The lowest BCUT2D eigenvalue weighted by atomic mass is 9.93. The zero-order valence-electron chi connectivity index (χ0n) is 11.2. The van der Waals surface area contributed by atoms with Crippen molar-refractivity contribution in [2.45, 2.75) is 39.7 Å². The van der Waals surface area contributed by atoms with Gasteiger partial charge in [0.25, 0.3) is 5.91 Å². The quantitative estimate of drug-likeness (QED) is 0.767. The summed E-state index contributed by atoms with van der Waals surface area (Å²) in [7, 11) is 0. The van der Waals surface area contributed by atoms with E-state index in [2.05, 4.69) is 29.8 Å². The SMILES string of the molecule is Cc1cc(Br)cc(C(=O)N2CCC(C)CC2C)c1. The Balaban J connectivity index is 2.20. The first kappa shape index (κ1) is 13.6. The molecule has 0 N–H and O–H groups in total. The van der Waals surface area contributed by atoms with E-state index >= 15 is 0 Å². The number of rotatable bonds is 1. The Hall–Kier alpha value is -0.830. The lowest BCUT2D eigenvalue weighted by Crippen LogP contribution is -2.44. The average molecular weight is 310 g/mol. The first-order valence-corrected chi connectivity index (χ1v) is 7.35. The minimum Gasteiger partial charge on any atom is -0.336 e. The van der Waals surface area contributed by atoms with E-state index in [1.54, 1.807) is 0 Å². The molecule has 0 aromatic heterocycles. The first-order valence-electron chi connectivity index (χ1n) is 6.55. The number of likely N-dealkylation sites (tertiary alicyclic amines) is 1. The van der Waals surface area contributed by atoms with Crippen molar-refractivity contribution >= 4 is 21.8 Å². The van der Waals surface area contributed by atoms with Crippen LogP contribution in [0.3, 0.4) is 0 Å². The molecule has 0 spiro atoms. The molecule has 1 aromatic rings. The molecule has 98 valence electrons. The van der Waals surface area contributed by atoms with E-state index < -0.39 is 0 Å². The van der Waals surface area contributed by atoms with Gasteiger partial charge in [0, 0.05) is 22.6 Å². The molecular formula is C15H20BrNO. The lowest BCUT2D eigenvalue weighted by molar-refractivity contribution is 0.0588. The summed E-state index contributed by atoms with van der Waals surface area (Å²) in [6.45, 7) is 7.32. The van der Waals surface area contributed by atoms with Crippen molar-refractivity contribution in [3.63, 3.8) is 0 Å². The van der Waals surface area contributed by atoms with Gasteiger partial charge < -0.3 is 4.90 Å². The van der Waals surface area contributed by atoms with Crippen LogP contribution < -0.4 is 0 Å². The number of carbonyl (C=O) groups excluding carboxylic acids is 1. The second-order valence-corrected chi connectivity index (χ2v) is 6.41. The number of hydrogen-bond acceptors (Lipinski definition) is 1. The molecule has 1 heterocycles. The van der Waals surface area contributed by atoms with Crippen LogP contribution in [0.25, 0.3) is 0 Å². The van der Waals surface area contributed by atoms with E-state index in [1.807, 2.05) is 30.0 Å². The minimum atomic E-state index is 0.166. The highest BCUT2D eigenvalue weighted by molar-refractivity contribution is 9.10. The Morgan fingerprint density at radius 2 is 2.06 bits per heavy atom. The zero-order valence-corrected chi connectivity index (χ0v) is 12.8. The summed E-state index contributed by atoms with van der Waals surface area (Å²) in [5.74, 6) is 0.895. The molecule has 1 fully saturated rings. The largest absolute Gasteiger partial charge is 0.336 e. The standard InChI is InChI=1S/C15H20BrNO/c1-10-4-5-17(12(3)6-10)15(18)13-7-11(2)8-14(16)9-13/h7-10,12H,4-6H2,1-3H3.